The Balaban J connectivity index is 3.53. The molecule has 1 unspecified atom stereocenters. The third-order valence-electron chi connectivity index (χ3n) is 1.96. The molecule has 1 atom stereocenters. The molecule has 0 aliphatic rings. The van der Waals surface area contributed by atoms with Crippen LogP contribution >= 0.6 is 0 Å². The fraction of sp³-hybridized carbons (Fsp3) is 1.00. The van der Waals surface area contributed by atoms with Crippen LogP contribution in [0.25, 0.3) is 0 Å². The molecule has 0 aromatic rings. The molecule has 0 fully saturated rings. The molecule has 78 valence electrons. The van der Waals surface area contributed by atoms with Crippen LogP contribution in [0.2, 0.25) is 10.6 Å². The van der Waals surface area contributed by atoms with Crippen LogP contribution in [-0.2, 0) is 8.53 Å². The van der Waals surface area contributed by atoms with Gasteiger partial charge in [-0.2, -0.15) is 0 Å². The lowest BCUT2D eigenvalue weighted by atomic mass is 10.2. The maximum Gasteiger partial charge on any atom is 0.462 e. The molecule has 0 aromatic heterocycles. The first-order valence-electron chi connectivity index (χ1n) is 5.37. The molecule has 13 heavy (non-hydrogen) atoms. The number of rotatable bonds is 7. The van der Waals surface area contributed by atoms with Gasteiger partial charge in [0.05, 0.1) is 6.61 Å². The fourth-order valence-corrected chi connectivity index (χ4v) is 2.70. The summed E-state index contributed by atoms with van der Waals surface area (Å²) in [5.41, 5.74) is 0. The summed E-state index contributed by atoms with van der Waals surface area (Å²) in [5, 5.41) is 2.40. The van der Waals surface area contributed by atoms with Crippen LogP contribution in [0.15, 0.2) is 0 Å². The number of ether oxygens (including phenoxy) is 1. The van der Waals surface area contributed by atoms with Crippen LogP contribution in [0.3, 0.4) is 0 Å². The average Bonchev–Trinajstić information content (AvgIpc) is 2.10. The second-order valence-electron chi connectivity index (χ2n) is 3.87. The van der Waals surface area contributed by atoms with Crippen molar-refractivity contribution < 1.29 is 8.53 Å². The van der Waals surface area contributed by atoms with E-state index in [2.05, 4.69) is 27.7 Å². The molecule has 0 aliphatic heterocycles. The van der Waals surface area contributed by atoms with Gasteiger partial charge < -0.3 is 8.53 Å². The predicted molar refractivity (Wildman–Crippen MR) is 58.1 cm³/mol. The van der Waals surface area contributed by atoms with Crippen LogP contribution < -0.4 is 0 Å². The van der Waals surface area contributed by atoms with Gasteiger partial charge in [0.15, 0.2) is 0 Å². The van der Waals surface area contributed by atoms with Gasteiger partial charge in [0.2, 0.25) is 0 Å². The highest BCUT2D eigenvalue weighted by Gasteiger charge is 2.18. The molecule has 0 radical (unpaired) electrons. The van der Waals surface area contributed by atoms with E-state index in [9.17, 15) is 0 Å². The molecular weight excluding hydrogens is 179 g/mol. The van der Waals surface area contributed by atoms with E-state index in [1.165, 1.54) is 10.6 Å². The Bertz CT molecular complexity index is 113. The topological polar surface area (TPSA) is 18.5 Å². The average molecular weight is 202 g/mol. The van der Waals surface area contributed by atoms with Gasteiger partial charge in [-0.25, -0.2) is 0 Å². The number of hydrogen-bond acceptors (Lipinski definition) is 2. The summed E-state index contributed by atoms with van der Waals surface area (Å²) in [7, 11) is 0. The summed E-state index contributed by atoms with van der Waals surface area (Å²) >= 11 is -0.938. The first-order valence-corrected chi connectivity index (χ1v) is 7.47. The largest absolute Gasteiger partial charge is 0.478 e. The van der Waals surface area contributed by atoms with Crippen molar-refractivity contribution in [2.45, 2.75) is 51.5 Å². The van der Waals surface area contributed by atoms with Crippen LogP contribution in [-0.4, -0.2) is 27.4 Å². The standard InChI is InChI=1S/C6H13O2.2C2H5.Al/c1-5(2)4-8-6(3)7;2*1-2;/h5-6H,4H2,1-3H3;2*1H2,2H3;/q-1;;;+1. The summed E-state index contributed by atoms with van der Waals surface area (Å²) in [4.78, 5) is 0. The van der Waals surface area contributed by atoms with E-state index in [-0.39, 0.29) is 6.29 Å². The number of hydrogen-bond donors (Lipinski definition) is 0. The molecule has 2 nitrogen and oxygen atoms in total. The van der Waals surface area contributed by atoms with Crippen molar-refractivity contribution in [1.29, 1.82) is 0 Å². The normalized spacial score (nSPS) is 13.4. The Morgan fingerprint density at radius 3 is 2.00 bits per heavy atom. The maximum absolute atomic E-state index is 5.82. The second kappa shape index (κ2) is 7.82. The monoisotopic (exact) mass is 202 g/mol. The zero-order chi connectivity index (χ0) is 10.3. The van der Waals surface area contributed by atoms with Gasteiger partial charge >= 0.3 is 14.5 Å². The summed E-state index contributed by atoms with van der Waals surface area (Å²) in [6.07, 6.45) is -0.000957. The van der Waals surface area contributed by atoms with Gasteiger partial charge in [0, 0.05) is 0 Å². The van der Waals surface area contributed by atoms with Crippen LogP contribution in [0.5, 0.6) is 0 Å². The summed E-state index contributed by atoms with van der Waals surface area (Å²) in [5.74, 6) is 0.592. The second-order valence-corrected chi connectivity index (χ2v) is 7.02. The Kier molecular flexibility index (Phi) is 8.09. The molecule has 0 amide bonds. The quantitative estimate of drug-likeness (QED) is 0.466. The first-order chi connectivity index (χ1) is 6.10. The fourth-order valence-electron chi connectivity index (χ4n) is 1.12. The van der Waals surface area contributed by atoms with Crippen LogP contribution in [0.4, 0.5) is 0 Å². The van der Waals surface area contributed by atoms with Gasteiger partial charge in [0.1, 0.15) is 6.29 Å². The Morgan fingerprint density at radius 1 is 1.08 bits per heavy atom. The minimum Gasteiger partial charge on any atom is -0.478 e. The zero-order valence-electron chi connectivity index (χ0n) is 9.67. The van der Waals surface area contributed by atoms with Crippen molar-refractivity contribution in [3.8, 4) is 0 Å². The highest BCUT2D eigenvalue weighted by molar-refractivity contribution is 6.51. The smallest absolute Gasteiger partial charge is 0.462 e. The van der Waals surface area contributed by atoms with Crippen molar-refractivity contribution >= 4 is 14.5 Å². The minimum atomic E-state index is -0.938. The van der Waals surface area contributed by atoms with E-state index in [1.807, 2.05) is 6.92 Å². The lowest BCUT2D eigenvalue weighted by Crippen LogP contribution is -2.25. The van der Waals surface area contributed by atoms with E-state index in [0.29, 0.717) is 5.92 Å². The summed E-state index contributed by atoms with van der Waals surface area (Å²) in [6, 6.07) is 0. The van der Waals surface area contributed by atoms with Gasteiger partial charge in [-0.1, -0.05) is 38.3 Å². The lowest BCUT2D eigenvalue weighted by molar-refractivity contribution is -0.0784. The van der Waals surface area contributed by atoms with Gasteiger partial charge in [0.25, 0.3) is 0 Å². The van der Waals surface area contributed by atoms with Crippen LogP contribution in [0.1, 0.15) is 34.6 Å². The van der Waals surface area contributed by atoms with Crippen molar-refractivity contribution in [2.75, 3.05) is 6.61 Å². The Labute approximate surface area is 87.3 Å². The van der Waals surface area contributed by atoms with E-state index >= 15 is 0 Å². The summed E-state index contributed by atoms with van der Waals surface area (Å²) in [6.45, 7) is 11.5. The molecule has 0 saturated carbocycles. The van der Waals surface area contributed by atoms with E-state index in [0.717, 1.165) is 6.61 Å². The maximum atomic E-state index is 5.82. The van der Waals surface area contributed by atoms with Gasteiger partial charge in [-0.3, -0.25) is 0 Å². The molecule has 0 rings (SSSR count). The molecular formula is C10H23AlO2. The molecule has 0 aliphatic carbocycles. The molecule has 0 N–H and O–H groups in total. The molecule has 3 heteroatoms. The summed E-state index contributed by atoms with van der Waals surface area (Å²) < 4.78 is 11.4. The SMILES string of the molecule is C[CH2][Al]([CH2]C)[O]C(C)OCC(C)C. The van der Waals surface area contributed by atoms with Crippen LogP contribution in [0, 0.1) is 5.92 Å². The van der Waals surface area contributed by atoms with Crippen molar-refractivity contribution in [3.05, 3.63) is 0 Å². The zero-order valence-corrected chi connectivity index (χ0v) is 10.8. The highest BCUT2D eigenvalue weighted by Crippen LogP contribution is 2.06. The highest BCUT2D eigenvalue weighted by atomic mass is 27.2. The Hall–Kier alpha value is 0.452. The van der Waals surface area contributed by atoms with Crippen molar-refractivity contribution in [2.24, 2.45) is 5.92 Å². The minimum absolute atomic E-state index is 0.000957. The molecule has 0 spiro atoms. The predicted octanol–water partition coefficient (Wildman–Crippen LogP) is 3.05. The lowest BCUT2D eigenvalue weighted by Gasteiger charge is -2.19. The molecule has 0 saturated heterocycles. The van der Waals surface area contributed by atoms with Gasteiger partial charge in [-0.05, 0) is 12.8 Å². The van der Waals surface area contributed by atoms with Gasteiger partial charge in [-0.15, -0.1) is 0 Å². The molecule has 0 bridgehead atoms. The molecule has 0 aromatic carbocycles. The third-order valence-corrected chi connectivity index (χ3v) is 4.55. The van der Waals surface area contributed by atoms with E-state index in [1.54, 1.807) is 0 Å². The molecule has 0 heterocycles. The first kappa shape index (κ1) is 13.5. The third kappa shape index (κ3) is 7.52. The Morgan fingerprint density at radius 2 is 1.62 bits per heavy atom. The van der Waals surface area contributed by atoms with E-state index in [4.69, 9.17) is 8.53 Å². The van der Waals surface area contributed by atoms with Crippen molar-refractivity contribution in [3.63, 3.8) is 0 Å². The van der Waals surface area contributed by atoms with E-state index < -0.39 is 14.5 Å². The van der Waals surface area contributed by atoms with Crippen molar-refractivity contribution in [1.82, 2.24) is 0 Å².